The van der Waals surface area contributed by atoms with Crippen molar-refractivity contribution < 1.29 is 14.3 Å². The van der Waals surface area contributed by atoms with Gasteiger partial charge in [0.05, 0.1) is 19.2 Å². The predicted molar refractivity (Wildman–Crippen MR) is 55.8 cm³/mol. The van der Waals surface area contributed by atoms with Crippen molar-refractivity contribution in [3.8, 4) is 5.88 Å². The van der Waals surface area contributed by atoms with Gasteiger partial charge in [0.1, 0.15) is 5.69 Å². The highest BCUT2D eigenvalue weighted by Crippen LogP contribution is 2.37. The molecule has 3 rings (SSSR count). The number of amides is 1. The Morgan fingerprint density at radius 3 is 3.00 bits per heavy atom. The molecule has 0 radical (unpaired) electrons. The van der Waals surface area contributed by atoms with Gasteiger partial charge in [0.15, 0.2) is 5.78 Å². The lowest BCUT2D eigenvalue weighted by Gasteiger charge is -2.23. The maximum Gasteiger partial charge on any atom is 0.234 e. The molecule has 82 valence electrons. The third-order valence-corrected chi connectivity index (χ3v) is 3.01. The average molecular weight is 218 g/mol. The van der Waals surface area contributed by atoms with Crippen LogP contribution < -0.4 is 9.64 Å². The first-order valence-electron chi connectivity index (χ1n) is 5.12. The van der Waals surface area contributed by atoms with Gasteiger partial charge >= 0.3 is 0 Å². The van der Waals surface area contributed by atoms with Crippen LogP contribution >= 0.6 is 0 Å². The molecule has 0 aromatic carbocycles. The number of hydrogen-bond acceptors (Lipinski definition) is 4. The molecular weight excluding hydrogens is 208 g/mol. The Kier molecular flexibility index (Phi) is 1.77. The van der Waals surface area contributed by atoms with Crippen molar-refractivity contribution in [3.05, 3.63) is 17.3 Å². The van der Waals surface area contributed by atoms with Gasteiger partial charge in [0.25, 0.3) is 0 Å². The molecule has 0 unspecified atom stereocenters. The summed E-state index contributed by atoms with van der Waals surface area (Å²) < 4.78 is 5.05. The first-order valence-corrected chi connectivity index (χ1v) is 5.12. The van der Waals surface area contributed by atoms with Crippen LogP contribution in [0.15, 0.2) is 6.07 Å². The minimum Gasteiger partial charge on any atom is -0.481 e. The Balaban J connectivity index is 2.26. The van der Waals surface area contributed by atoms with Crippen molar-refractivity contribution in [3.63, 3.8) is 0 Å². The molecule has 0 aliphatic carbocycles. The third-order valence-electron chi connectivity index (χ3n) is 3.01. The fraction of sp³-hybridized carbons (Fsp3) is 0.364. The summed E-state index contributed by atoms with van der Waals surface area (Å²) >= 11 is 0. The SMILES string of the molecule is COc1cc2c3c(n1)C(=O)CC(=O)N3CC2. The highest BCUT2D eigenvalue weighted by Gasteiger charge is 2.37. The molecule has 1 amide bonds. The largest absolute Gasteiger partial charge is 0.481 e. The monoisotopic (exact) mass is 218 g/mol. The van der Waals surface area contributed by atoms with Crippen LogP contribution in [0.4, 0.5) is 5.69 Å². The molecule has 0 saturated heterocycles. The number of carbonyl (C=O) groups is 2. The molecule has 1 aromatic heterocycles. The standard InChI is InChI=1S/C11H10N2O3/c1-16-8-4-6-2-3-13-9(15)5-7(14)10(12-8)11(6)13/h4H,2-3,5H2,1H3. The van der Waals surface area contributed by atoms with E-state index in [4.69, 9.17) is 4.74 Å². The normalized spacial score (nSPS) is 17.7. The number of methoxy groups -OCH3 is 1. The zero-order valence-corrected chi connectivity index (χ0v) is 8.82. The predicted octanol–water partition coefficient (Wildman–Crippen LogP) is 0.566. The number of nitrogens with zero attached hydrogens (tertiary/aromatic N) is 2. The van der Waals surface area contributed by atoms with Crippen LogP contribution in [-0.2, 0) is 11.2 Å². The summed E-state index contributed by atoms with van der Waals surface area (Å²) in [7, 11) is 1.52. The number of Topliss-reactive ketones (excluding diaryl/α,β-unsaturated/α-hetero) is 1. The molecule has 2 aliphatic heterocycles. The minimum atomic E-state index is -0.210. The first-order chi connectivity index (χ1) is 7.70. The summed E-state index contributed by atoms with van der Waals surface area (Å²) in [6.45, 7) is 0.642. The van der Waals surface area contributed by atoms with Crippen LogP contribution in [0.5, 0.6) is 5.88 Å². The van der Waals surface area contributed by atoms with E-state index >= 15 is 0 Å². The van der Waals surface area contributed by atoms with Crippen LogP contribution in [0.1, 0.15) is 22.5 Å². The van der Waals surface area contributed by atoms with Crippen LogP contribution in [0.25, 0.3) is 0 Å². The number of ketones is 1. The first kappa shape index (κ1) is 9.33. The van der Waals surface area contributed by atoms with Crippen molar-refractivity contribution in [2.75, 3.05) is 18.6 Å². The van der Waals surface area contributed by atoms with Gasteiger partial charge in [-0.25, -0.2) is 4.98 Å². The van der Waals surface area contributed by atoms with Crippen LogP contribution in [0.3, 0.4) is 0 Å². The molecule has 5 heteroatoms. The Morgan fingerprint density at radius 2 is 2.25 bits per heavy atom. The quantitative estimate of drug-likeness (QED) is 0.646. The molecular formula is C11H10N2O3. The Hall–Kier alpha value is -1.91. The lowest BCUT2D eigenvalue weighted by atomic mass is 10.0. The van der Waals surface area contributed by atoms with E-state index in [1.165, 1.54) is 7.11 Å². The Labute approximate surface area is 92.0 Å². The molecule has 2 aliphatic rings. The van der Waals surface area contributed by atoms with Gasteiger partial charge in [0.2, 0.25) is 11.8 Å². The number of carbonyl (C=O) groups excluding carboxylic acids is 2. The summed E-state index contributed by atoms with van der Waals surface area (Å²) in [4.78, 5) is 29.1. The summed E-state index contributed by atoms with van der Waals surface area (Å²) in [6, 6.07) is 1.80. The van der Waals surface area contributed by atoms with E-state index in [-0.39, 0.29) is 18.1 Å². The third kappa shape index (κ3) is 1.08. The molecule has 3 heterocycles. The van der Waals surface area contributed by atoms with Gasteiger partial charge in [-0.15, -0.1) is 0 Å². The maximum atomic E-state index is 11.7. The summed E-state index contributed by atoms with van der Waals surface area (Å²) in [6.07, 6.45) is 0.687. The molecule has 16 heavy (non-hydrogen) atoms. The molecule has 0 fully saturated rings. The summed E-state index contributed by atoms with van der Waals surface area (Å²) in [5, 5.41) is 0. The van der Waals surface area contributed by atoms with Crippen LogP contribution in [-0.4, -0.2) is 30.3 Å². The van der Waals surface area contributed by atoms with Gasteiger partial charge in [-0.3, -0.25) is 9.59 Å². The molecule has 1 aromatic rings. The number of anilines is 1. The van der Waals surface area contributed by atoms with Crippen LogP contribution in [0, 0.1) is 0 Å². The van der Waals surface area contributed by atoms with E-state index in [0.717, 1.165) is 12.0 Å². The fourth-order valence-electron chi connectivity index (χ4n) is 2.27. The van der Waals surface area contributed by atoms with E-state index in [1.54, 1.807) is 11.0 Å². The zero-order valence-electron chi connectivity index (χ0n) is 8.82. The second kappa shape index (κ2) is 3.04. The molecule has 0 atom stereocenters. The topological polar surface area (TPSA) is 59.5 Å². The lowest BCUT2D eigenvalue weighted by Crippen LogP contribution is -2.36. The van der Waals surface area contributed by atoms with Crippen molar-refractivity contribution in [1.29, 1.82) is 0 Å². The zero-order chi connectivity index (χ0) is 11.3. The molecule has 0 spiro atoms. The number of ether oxygens (including phenoxy) is 1. The van der Waals surface area contributed by atoms with E-state index in [2.05, 4.69) is 4.98 Å². The van der Waals surface area contributed by atoms with Gasteiger partial charge in [0, 0.05) is 12.6 Å². The highest BCUT2D eigenvalue weighted by atomic mass is 16.5. The van der Waals surface area contributed by atoms with Crippen molar-refractivity contribution >= 4 is 17.4 Å². The second-order valence-electron chi connectivity index (χ2n) is 3.92. The Morgan fingerprint density at radius 1 is 1.44 bits per heavy atom. The van der Waals surface area contributed by atoms with E-state index in [0.29, 0.717) is 23.8 Å². The minimum absolute atomic E-state index is 0.0768. The Bertz CT molecular complexity index is 510. The lowest BCUT2D eigenvalue weighted by molar-refractivity contribution is -0.117. The molecule has 0 saturated carbocycles. The molecule has 5 nitrogen and oxygen atoms in total. The van der Waals surface area contributed by atoms with Gasteiger partial charge < -0.3 is 9.64 Å². The maximum absolute atomic E-state index is 11.7. The number of pyridine rings is 1. The number of aromatic nitrogens is 1. The number of rotatable bonds is 1. The number of hydrogen-bond donors (Lipinski definition) is 0. The van der Waals surface area contributed by atoms with Crippen LogP contribution in [0.2, 0.25) is 0 Å². The van der Waals surface area contributed by atoms with Crippen molar-refractivity contribution in [1.82, 2.24) is 4.98 Å². The van der Waals surface area contributed by atoms with Crippen molar-refractivity contribution in [2.24, 2.45) is 0 Å². The average Bonchev–Trinajstić information content (AvgIpc) is 2.70. The van der Waals surface area contributed by atoms with E-state index in [1.807, 2.05) is 0 Å². The summed E-state index contributed by atoms with van der Waals surface area (Å²) in [5.41, 5.74) is 2.05. The second-order valence-corrected chi connectivity index (χ2v) is 3.92. The van der Waals surface area contributed by atoms with E-state index in [9.17, 15) is 9.59 Å². The molecule has 0 N–H and O–H groups in total. The van der Waals surface area contributed by atoms with E-state index < -0.39 is 0 Å². The molecule has 0 bridgehead atoms. The highest BCUT2D eigenvalue weighted by molar-refractivity contribution is 6.19. The van der Waals surface area contributed by atoms with Crippen molar-refractivity contribution in [2.45, 2.75) is 12.8 Å². The fourth-order valence-corrected chi connectivity index (χ4v) is 2.27. The van der Waals surface area contributed by atoms with Gasteiger partial charge in [-0.05, 0) is 12.0 Å². The smallest absolute Gasteiger partial charge is 0.234 e. The van der Waals surface area contributed by atoms with Gasteiger partial charge in [-0.2, -0.15) is 0 Å². The van der Waals surface area contributed by atoms with Gasteiger partial charge in [-0.1, -0.05) is 0 Å². The summed E-state index contributed by atoms with van der Waals surface area (Å²) in [5.74, 6) is 0.111.